The van der Waals surface area contributed by atoms with Gasteiger partial charge in [0.25, 0.3) is 0 Å². The van der Waals surface area contributed by atoms with Crippen molar-refractivity contribution in [2.75, 3.05) is 11.4 Å². The molecule has 0 aliphatic carbocycles. The first-order valence-electron chi connectivity index (χ1n) is 6.46. The van der Waals surface area contributed by atoms with E-state index in [1.807, 2.05) is 49.1 Å². The van der Waals surface area contributed by atoms with Gasteiger partial charge in [0.2, 0.25) is 0 Å². The lowest BCUT2D eigenvalue weighted by Gasteiger charge is -2.24. The van der Waals surface area contributed by atoms with E-state index in [0.717, 1.165) is 17.9 Å². The summed E-state index contributed by atoms with van der Waals surface area (Å²) < 4.78 is 14.0. The van der Waals surface area contributed by atoms with Gasteiger partial charge in [0.15, 0.2) is 0 Å². The van der Waals surface area contributed by atoms with Gasteiger partial charge in [-0.05, 0) is 44.2 Å². The third-order valence-corrected chi connectivity index (χ3v) is 3.41. The fraction of sp³-hybridized carbons (Fsp3) is 0.188. The molecule has 0 amide bonds. The third kappa shape index (κ3) is 2.96. The number of benzene rings is 2. The van der Waals surface area contributed by atoms with Crippen LogP contribution in [-0.4, -0.2) is 11.5 Å². The predicted octanol–water partition coefficient (Wildman–Crippen LogP) is 3.93. The highest BCUT2D eigenvalue weighted by atomic mass is 32.1. The molecule has 104 valence electrons. The Morgan fingerprint density at radius 2 is 1.75 bits per heavy atom. The van der Waals surface area contributed by atoms with Crippen molar-refractivity contribution in [1.82, 2.24) is 0 Å². The first-order valence-corrected chi connectivity index (χ1v) is 6.87. The summed E-state index contributed by atoms with van der Waals surface area (Å²) in [7, 11) is 0. The highest BCUT2D eigenvalue weighted by Gasteiger charge is 2.11. The van der Waals surface area contributed by atoms with E-state index in [1.54, 1.807) is 6.07 Å². The molecule has 4 heteroatoms. The van der Waals surface area contributed by atoms with Crippen LogP contribution in [0.2, 0.25) is 0 Å². The predicted molar refractivity (Wildman–Crippen MR) is 86.1 cm³/mol. The van der Waals surface area contributed by atoms with Crippen LogP contribution in [0.3, 0.4) is 0 Å². The van der Waals surface area contributed by atoms with Gasteiger partial charge >= 0.3 is 0 Å². The van der Waals surface area contributed by atoms with Crippen LogP contribution in [0.4, 0.5) is 15.8 Å². The van der Waals surface area contributed by atoms with Crippen LogP contribution in [0.1, 0.15) is 18.1 Å². The summed E-state index contributed by atoms with van der Waals surface area (Å²) in [5, 5.41) is 0. The lowest BCUT2D eigenvalue weighted by atomic mass is 10.1. The number of aryl methyl sites for hydroxylation is 1. The van der Waals surface area contributed by atoms with E-state index < -0.39 is 0 Å². The number of hydrogen-bond acceptors (Lipinski definition) is 2. The van der Waals surface area contributed by atoms with Crippen LogP contribution in [0.5, 0.6) is 0 Å². The Bertz CT molecular complexity index is 623. The summed E-state index contributed by atoms with van der Waals surface area (Å²) >= 11 is 4.82. The smallest absolute Gasteiger partial charge is 0.135 e. The molecule has 2 nitrogen and oxygen atoms in total. The van der Waals surface area contributed by atoms with E-state index in [-0.39, 0.29) is 16.4 Å². The number of halogens is 1. The lowest BCUT2D eigenvalue weighted by molar-refractivity contribution is 0.625. The maximum Gasteiger partial charge on any atom is 0.135 e. The maximum atomic E-state index is 14.0. The summed E-state index contributed by atoms with van der Waals surface area (Å²) in [6.07, 6.45) is 0. The molecule has 0 fully saturated rings. The molecule has 2 aromatic carbocycles. The van der Waals surface area contributed by atoms with Crippen molar-refractivity contribution in [3.63, 3.8) is 0 Å². The maximum absolute atomic E-state index is 14.0. The second kappa shape index (κ2) is 6.01. The van der Waals surface area contributed by atoms with Crippen molar-refractivity contribution in [3.8, 4) is 0 Å². The monoisotopic (exact) mass is 288 g/mol. The van der Waals surface area contributed by atoms with Crippen LogP contribution in [-0.2, 0) is 0 Å². The van der Waals surface area contributed by atoms with Gasteiger partial charge in [-0.25, -0.2) is 4.39 Å². The number of nitrogens with two attached hydrogens (primary N) is 1. The average molecular weight is 288 g/mol. The molecule has 20 heavy (non-hydrogen) atoms. The zero-order chi connectivity index (χ0) is 14.7. The Morgan fingerprint density at radius 1 is 1.15 bits per heavy atom. The molecule has 0 bridgehead atoms. The normalized spacial score (nSPS) is 10.3. The molecule has 0 unspecified atom stereocenters. The number of hydrogen-bond donors (Lipinski definition) is 1. The van der Waals surface area contributed by atoms with E-state index in [2.05, 4.69) is 0 Å². The molecule has 0 saturated carbocycles. The Kier molecular flexibility index (Phi) is 4.35. The van der Waals surface area contributed by atoms with Crippen LogP contribution in [0, 0.1) is 12.7 Å². The molecular weight excluding hydrogens is 271 g/mol. The average Bonchev–Trinajstić information content (AvgIpc) is 2.41. The Balaban J connectivity index is 2.39. The molecule has 0 radical (unpaired) electrons. The fourth-order valence-electron chi connectivity index (χ4n) is 2.11. The van der Waals surface area contributed by atoms with Gasteiger partial charge in [-0.2, -0.15) is 0 Å². The van der Waals surface area contributed by atoms with Crippen LogP contribution >= 0.6 is 12.2 Å². The van der Waals surface area contributed by atoms with Crippen molar-refractivity contribution < 1.29 is 4.39 Å². The zero-order valence-electron chi connectivity index (χ0n) is 11.6. The molecule has 0 spiro atoms. The number of anilines is 2. The molecule has 0 aromatic heterocycles. The van der Waals surface area contributed by atoms with Crippen molar-refractivity contribution in [1.29, 1.82) is 0 Å². The molecule has 0 aliphatic heterocycles. The van der Waals surface area contributed by atoms with Gasteiger partial charge in [-0.1, -0.05) is 29.9 Å². The Hall–Kier alpha value is -1.94. The van der Waals surface area contributed by atoms with Crippen molar-refractivity contribution in [2.45, 2.75) is 13.8 Å². The van der Waals surface area contributed by atoms with Gasteiger partial charge in [-0.3, -0.25) is 0 Å². The lowest BCUT2D eigenvalue weighted by Crippen LogP contribution is -2.17. The van der Waals surface area contributed by atoms with Gasteiger partial charge in [0.05, 0.1) is 0 Å². The number of thiocarbonyl (C=S) groups is 1. The van der Waals surface area contributed by atoms with E-state index >= 15 is 0 Å². The number of rotatable bonds is 4. The van der Waals surface area contributed by atoms with Crippen molar-refractivity contribution in [3.05, 3.63) is 59.4 Å². The standard InChI is InChI=1S/C16H17FN2S/c1-3-19(12-6-4-11(2)5-7-12)13-8-9-14(16(18)20)15(17)10-13/h4-10H,3H2,1-2H3,(H2,18,20). The topological polar surface area (TPSA) is 29.3 Å². The minimum absolute atomic E-state index is 0.0763. The SMILES string of the molecule is CCN(c1ccc(C)cc1)c1ccc(C(N)=S)c(F)c1. The first kappa shape index (κ1) is 14.5. The van der Waals surface area contributed by atoms with Crippen molar-refractivity contribution >= 4 is 28.6 Å². The van der Waals surface area contributed by atoms with E-state index in [0.29, 0.717) is 0 Å². The summed E-state index contributed by atoms with van der Waals surface area (Å²) in [6, 6.07) is 13.1. The summed E-state index contributed by atoms with van der Waals surface area (Å²) in [5.74, 6) is -0.388. The molecule has 2 N–H and O–H groups in total. The molecule has 2 rings (SSSR count). The van der Waals surface area contributed by atoms with Crippen molar-refractivity contribution in [2.24, 2.45) is 5.73 Å². The zero-order valence-corrected chi connectivity index (χ0v) is 12.4. The quantitative estimate of drug-likeness (QED) is 0.864. The molecule has 0 saturated heterocycles. The summed E-state index contributed by atoms with van der Waals surface area (Å²) in [6.45, 7) is 4.81. The Morgan fingerprint density at radius 3 is 2.25 bits per heavy atom. The summed E-state index contributed by atoms with van der Waals surface area (Å²) in [4.78, 5) is 2.11. The molecule has 0 heterocycles. The molecule has 0 atom stereocenters. The van der Waals surface area contributed by atoms with E-state index in [9.17, 15) is 4.39 Å². The van der Waals surface area contributed by atoms with Gasteiger partial charge in [0, 0.05) is 23.5 Å². The van der Waals surface area contributed by atoms with Gasteiger partial charge in [-0.15, -0.1) is 0 Å². The van der Waals surface area contributed by atoms with E-state index in [1.165, 1.54) is 11.6 Å². The van der Waals surface area contributed by atoms with Crippen LogP contribution in [0.15, 0.2) is 42.5 Å². The number of nitrogens with zero attached hydrogens (tertiary/aromatic N) is 1. The third-order valence-electron chi connectivity index (χ3n) is 3.19. The van der Waals surface area contributed by atoms with Gasteiger partial charge in [0.1, 0.15) is 10.8 Å². The highest BCUT2D eigenvalue weighted by molar-refractivity contribution is 7.80. The largest absolute Gasteiger partial charge is 0.389 e. The molecule has 2 aromatic rings. The van der Waals surface area contributed by atoms with Gasteiger partial charge < -0.3 is 10.6 Å². The molecule has 0 aliphatic rings. The minimum Gasteiger partial charge on any atom is -0.389 e. The Labute approximate surface area is 124 Å². The van der Waals surface area contributed by atoms with Crippen LogP contribution in [0.25, 0.3) is 0 Å². The fourth-order valence-corrected chi connectivity index (χ4v) is 2.28. The first-order chi connectivity index (χ1) is 9.52. The van der Waals surface area contributed by atoms with E-state index in [4.69, 9.17) is 18.0 Å². The minimum atomic E-state index is -0.388. The second-order valence-electron chi connectivity index (χ2n) is 4.61. The van der Waals surface area contributed by atoms with Crippen LogP contribution < -0.4 is 10.6 Å². The second-order valence-corrected chi connectivity index (χ2v) is 5.05. The highest BCUT2D eigenvalue weighted by Crippen LogP contribution is 2.27. The molecular formula is C16H17FN2S. The summed E-state index contributed by atoms with van der Waals surface area (Å²) in [5.41, 5.74) is 8.77.